The van der Waals surface area contributed by atoms with E-state index < -0.39 is 17.3 Å². The smallest absolute Gasteiger partial charge is 0.303 e. The van der Waals surface area contributed by atoms with Gasteiger partial charge in [0.15, 0.2) is 6.10 Å². The monoisotopic (exact) mass is 703 g/mol. The molecule has 7 nitrogen and oxygen atoms in total. The van der Waals surface area contributed by atoms with Crippen LogP contribution in [0.15, 0.2) is 102 Å². The van der Waals surface area contributed by atoms with Gasteiger partial charge in [0, 0.05) is 54.6 Å². The Morgan fingerprint density at radius 3 is 2.19 bits per heavy atom. The van der Waals surface area contributed by atoms with Gasteiger partial charge in [0.25, 0.3) is 5.91 Å². The summed E-state index contributed by atoms with van der Waals surface area (Å²) in [6, 6.07) is 32.0. The van der Waals surface area contributed by atoms with Crippen molar-refractivity contribution >= 4 is 52.5 Å². The number of methoxy groups -OCH3 is 1. The number of carbonyl (C=O) groups excluding carboxylic acids is 2. The molecular formula is C38H39Cl2N3O4S. The van der Waals surface area contributed by atoms with Crippen molar-refractivity contribution < 1.29 is 19.1 Å². The van der Waals surface area contributed by atoms with Crippen molar-refractivity contribution in [1.82, 2.24) is 9.80 Å². The Kier molecular flexibility index (Phi) is 11.3. The Hall–Kier alpha value is -3.53. The van der Waals surface area contributed by atoms with E-state index in [1.807, 2.05) is 48.5 Å². The molecule has 4 aromatic rings. The van der Waals surface area contributed by atoms with Gasteiger partial charge in [0.1, 0.15) is 5.75 Å². The number of carbonyl (C=O) groups is 2. The van der Waals surface area contributed by atoms with Crippen LogP contribution < -0.4 is 9.64 Å². The van der Waals surface area contributed by atoms with Crippen molar-refractivity contribution in [3.8, 4) is 5.75 Å². The molecule has 6 rings (SSSR count). The molecule has 10 heteroatoms. The number of rotatable bonds is 10. The number of thioether (sulfide) groups is 1. The molecule has 1 saturated heterocycles. The molecule has 4 aromatic carbocycles. The van der Waals surface area contributed by atoms with Crippen LogP contribution in [0.25, 0.3) is 0 Å². The summed E-state index contributed by atoms with van der Waals surface area (Å²) < 4.78 is 11.1. The second-order valence-electron chi connectivity index (χ2n) is 12.0. The molecule has 1 amide bonds. The van der Waals surface area contributed by atoms with Gasteiger partial charge in [-0.25, -0.2) is 0 Å². The zero-order valence-electron chi connectivity index (χ0n) is 27.1. The molecule has 3 atom stereocenters. The number of hydrogen-bond acceptors (Lipinski definition) is 7. The number of nitrogens with zero attached hydrogens (tertiary/aromatic N) is 3. The maximum absolute atomic E-state index is 14.3. The number of amides is 1. The lowest BCUT2D eigenvalue weighted by Gasteiger charge is -2.40. The van der Waals surface area contributed by atoms with Gasteiger partial charge in [-0.2, -0.15) is 0 Å². The van der Waals surface area contributed by atoms with E-state index in [0.717, 1.165) is 60.3 Å². The second-order valence-corrected chi connectivity index (χ2v) is 14.1. The van der Waals surface area contributed by atoms with Gasteiger partial charge in [0.2, 0.25) is 0 Å². The summed E-state index contributed by atoms with van der Waals surface area (Å²) in [6.45, 7) is 6.34. The van der Waals surface area contributed by atoms with Crippen LogP contribution in [-0.4, -0.2) is 74.2 Å². The Labute approximate surface area is 296 Å². The van der Waals surface area contributed by atoms with Crippen LogP contribution in [0.4, 0.5) is 5.69 Å². The number of piperazine rings is 1. The maximum Gasteiger partial charge on any atom is 0.303 e. The zero-order valence-corrected chi connectivity index (χ0v) is 29.4. The number of halogens is 2. The molecule has 48 heavy (non-hydrogen) atoms. The fourth-order valence-corrected chi connectivity index (χ4v) is 8.28. The lowest BCUT2D eigenvalue weighted by Crippen LogP contribution is -2.48. The van der Waals surface area contributed by atoms with Crippen LogP contribution in [0.2, 0.25) is 10.0 Å². The van der Waals surface area contributed by atoms with Crippen molar-refractivity contribution in [2.75, 3.05) is 51.3 Å². The summed E-state index contributed by atoms with van der Waals surface area (Å²) >= 11 is 14.2. The Bertz CT molecular complexity index is 1700. The molecule has 250 valence electrons. The fourth-order valence-electron chi connectivity index (χ4n) is 6.56. The highest BCUT2D eigenvalue weighted by molar-refractivity contribution is 7.99. The van der Waals surface area contributed by atoms with E-state index >= 15 is 0 Å². The van der Waals surface area contributed by atoms with E-state index in [-0.39, 0.29) is 11.9 Å². The Morgan fingerprint density at radius 2 is 1.52 bits per heavy atom. The molecule has 2 heterocycles. The molecule has 1 fully saturated rings. The van der Waals surface area contributed by atoms with E-state index in [1.54, 1.807) is 18.1 Å². The quantitative estimate of drug-likeness (QED) is 0.156. The molecule has 0 aliphatic carbocycles. The first-order chi connectivity index (χ1) is 23.3. The van der Waals surface area contributed by atoms with Gasteiger partial charge in [0.05, 0.1) is 24.1 Å². The lowest BCUT2D eigenvalue weighted by atomic mass is 9.96. The van der Waals surface area contributed by atoms with E-state index in [2.05, 4.69) is 52.3 Å². The van der Waals surface area contributed by atoms with Crippen LogP contribution in [0.3, 0.4) is 0 Å². The van der Waals surface area contributed by atoms with Gasteiger partial charge in [-0.05, 0) is 72.1 Å². The van der Waals surface area contributed by atoms with Crippen LogP contribution in [0, 0.1) is 0 Å². The lowest BCUT2D eigenvalue weighted by molar-refractivity contribution is -0.152. The third-order valence-electron chi connectivity index (χ3n) is 8.92. The number of ether oxygens (including phenoxy) is 2. The average Bonchev–Trinajstić information content (AvgIpc) is 3.20. The molecule has 2 aliphatic rings. The second kappa shape index (κ2) is 15.8. The minimum atomic E-state index is -1.00. The minimum Gasteiger partial charge on any atom is -0.497 e. The SMILES string of the molecule is COc1ccc([C@@H]2Sc3cc(Cl)ccc3N(CCCN3CCN(C(c4ccccc4)c4ccc(Cl)cc4)CC3)C(=O)C2OC(C)=O)cc1. The number of esters is 1. The summed E-state index contributed by atoms with van der Waals surface area (Å²) in [6.07, 6.45) is -0.240. The standard InChI is InChI=1S/C38H39Cl2N3O4S/c1-26(44)47-36-37(29-11-16-32(46-2)17-12-29)48-34-25-31(40)15-18-33(34)43(38(36)45)20-6-19-41-21-23-42(24-22-41)35(27-7-4-3-5-8-27)28-9-13-30(39)14-10-28/h3-5,7-18,25,35-37H,6,19-24H2,1-2H3/t35?,36?,37-/m0/s1. The summed E-state index contributed by atoms with van der Waals surface area (Å²) in [4.78, 5) is 34.2. The Morgan fingerprint density at radius 1 is 0.854 bits per heavy atom. The van der Waals surface area contributed by atoms with Gasteiger partial charge in [-0.15, -0.1) is 11.8 Å². The topological polar surface area (TPSA) is 62.3 Å². The molecule has 0 aromatic heterocycles. The van der Waals surface area contributed by atoms with Crippen LogP contribution in [0.1, 0.15) is 41.3 Å². The molecule has 0 saturated carbocycles. The summed E-state index contributed by atoms with van der Waals surface area (Å²) in [5.41, 5.74) is 4.13. The summed E-state index contributed by atoms with van der Waals surface area (Å²) in [5.74, 6) is -0.0287. The van der Waals surface area contributed by atoms with Crippen molar-refractivity contribution in [3.63, 3.8) is 0 Å². The fraction of sp³-hybridized carbons (Fsp3) is 0.316. The summed E-state index contributed by atoms with van der Waals surface area (Å²) in [7, 11) is 1.61. The van der Waals surface area contributed by atoms with Crippen LogP contribution >= 0.6 is 35.0 Å². The molecule has 2 unspecified atom stereocenters. The molecule has 0 spiro atoms. The summed E-state index contributed by atoms with van der Waals surface area (Å²) in [5, 5.41) is 0.858. The first kappa shape index (κ1) is 34.3. The zero-order chi connectivity index (χ0) is 33.6. The number of hydrogen-bond donors (Lipinski definition) is 0. The van der Waals surface area contributed by atoms with Crippen molar-refractivity contribution in [2.45, 2.75) is 35.6 Å². The number of benzene rings is 4. The van der Waals surface area contributed by atoms with Crippen molar-refractivity contribution in [2.24, 2.45) is 0 Å². The highest BCUT2D eigenvalue weighted by Gasteiger charge is 2.41. The maximum atomic E-state index is 14.3. The van der Waals surface area contributed by atoms with Gasteiger partial charge < -0.3 is 19.3 Å². The van der Waals surface area contributed by atoms with Crippen LogP contribution in [-0.2, 0) is 14.3 Å². The molecule has 0 bridgehead atoms. The van der Waals surface area contributed by atoms with Crippen molar-refractivity contribution in [3.05, 3.63) is 124 Å². The largest absolute Gasteiger partial charge is 0.497 e. The Balaban J connectivity index is 1.15. The number of anilines is 1. The van der Waals surface area contributed by atoms with E-state index in [1.165, 1.54) is 29.8 Å². The first-order valence-electron chi connectivity index (χ1n) is 16.2. The van der Waals surface area contributed by atoms with Crippen LogP contribution in [0.5, 0.6) is 5.75 Å². The highest BCUT2D eigenvalue weighted by atomic mass is 35.5. The molecule has 0 N–H and O–H groups in total. The predicted octanol–water partition coefficient (Wildman–Crippen LogP) is 7.91. The van der Waals surface area contributed by atoms with Gasteiger partial charge >= 0.3 is 5.97 Å². The van der Waals surface area contributed by atoms with Gasteiger partial charge in [-0.1, -0.05) is 77.8 Å². The third-order valence-corrected chi connectivity index (χ3v) is 10.8. The third kappa shape index (κ3) is 8.01. The minimum absolute atomic E-state index is 0.151. The normalized spacial score (nSPS) is 19.3. The molecule has 2 aliphatic heterocycles. The van der Waals surface area contributed by atoms with E-state index in [0.29, 0.717) is 17.3 Å². The first-order valence-corrected chi connectivity index (χ1v) is 17.8. The van der Waals surface area contributed by atoms with Gasteiger partial charge in [-0.3, -0.25) is 14.5 Å². The number of fused-ring (bicyclic) bond motifs is 1. The predicted molar refractivity (Wildman–Crippen MR) is 193 cm³/mol. The van der Waals surface area contributed by atoms with E-state index in [9.17, 15) is 9.59 Å². The molecular weight excluding hydrogens is 665 g/mol. The van der Waals surface area contributed by atoms with Crippen molar-refractivity contribution in [1.29, 1.82) is 0 Å². The van der Waals surface area contributed by atoms with E-state index in [4.69, 9.17) is 32.7 Å². The highest BCUT2D eigenvalue weighted by Crippen LogP contribution is 2.48. The average molecular weight is 705 g/mol. The molecule has 0 radical (unpaired) electrons.